The van der Waals surface area contributed by atoms with E-state index in [4.69, 9.17) is 0 Å². The van der Waals surface area contributed by atoms with Gasteiger partial charge in [0.1, 0.15) is 11.6 Å². The van der Waals surface area contributed by atoms with Crippen LogP contribution in [0.5, 0.6) is 0 Å². The first-order valence-electron chi connectivity index (χ1n) is 8.29. The van der Waals surface area contributed by atoms with Crippen LogP contribution >= 0.6 is 0 Å². The van der Waals surface area contributed by atoms with Gasteiger partial charge in [0.25, 0.3) is 0 Å². The van der Waals surface area contributed by atoms with E-state index in [0.29, 0.717) is 6.54 Å². The molecule has 7 nitrogen and oxygen atoms in total. The normalized spacial score (nSPS) is 20.6. The van der Waals surface area contributed by atoms with E-state index in [-0.39, 0.29) is 18.2 Å². The third kappa shape index (κ3) is 4.11. The molecule has 0 aromatic carbocycles. The maximum Gasteiger partial charge on any atom is 0.315 e. The number of pyridine rings is 1. The molecule has 3 N–H and O–H groups in total. The highest BCUT2D eigenvalue weighted by Gasteiger charge is 2.20. The zero-order valence-electron chi connectivity index (χ0n) is 13.8. The molecule has 0 saturated heterocycles. The molecule has 3 rings (SSSR count). The second-order valence-corrected chi connectivity index (χ2v) is 6.20. The molecular formula is C17H23N5O2. The summed E-state index contributed by atoms with van der Waals surface area (Å²) in [5, 5.41) is 15.3. The molecule has 0 bridgehead atoms. The Morgan fingerprint density at radius 2 is 2.08 bits per heavy atom. The van der Waals surface area contributed by atoms with Crippen LogP contribution in [0.3, 0.4) is 0 Å². The van der Waals surface area contributed by atoms with Crippen molar-refractivity contribution in [2.24, 2.45) is 0 Å². The average Bonchev–Trinajstić information content (AvgIpc) is 3.01. The quantitative estimate of drug-likeness (QED) is 0.796. The van der Waals surface area contributed by atoms with Crippen molar-refractivity contribution in [3.63, 3.8) is 0 Å². The van der Waals surface area contributed by atoms with E-state index in [9.17, 15) is 9.90 Å². The van der Waals surface area contributed by atoms with Gasteiger partial charge >= 0.3 is 6.03 Å². The van der Waals surface area contributed by atoms with Gasteiger partial charge in [-0.1, -0.05) is 0 Å². The maximum absolute atomic E-state index is 12.0. The lowest BCUT2D eigenvalue weighted by Crippen LogP contribution is -2.43. The molecule has 7 heteroatoms. The van der Waals surface area contributed by atoms with Gasteiger partial charge in [-0.05, 0) is 50.3 Å². The number of hydrogen-bond donors (Lipinski definition) is 3. The Labute approximate surface area is 141 Å². The molecule has 0 spiro atoms. The van der Waals surface area contributed by atoms with Crippen molar-refractivity contribution in [1.29, 1.82) is 0 Å². The zero-order chi connectivity index (χ0) is 16.9. The second-order valence-electron chi connectivity index (χ2n) is 6.20. The Morgan fingerprint density at radius 1 is 1.29 bits per heavy atom. The second kappa shape index (κ2) is 7.44. The van der Waals surface area contributed by atoms with Gasteiger partial charge in [0.2, 0.25) is 0 Å². The number of aryl methyl sites for hydroxylation is 1. The number of aliphatic hydroxyl groups is 1. The molecule has 1 aliphatic carbocycles. The summed E-state index contributed by atoms with van der Waals surface area (Å²) in [6.45, 7) is 2.35. The van der Waals surface area contributed by atoms with Crippen molar-refractivity contribution in [3.8, 4) is 5.82 Å². The molecule has 2 heterocycles. The smallest absolute Gasteiger partial charge is 0.315 e. The minimum Gasteiger partial charge on any atom is -0.393 e. The fourth-order valence-corrected chi connectivity index (χ4v) is 2.96. The third-order valence-electron chi connectivity index (χ3n) is 4.37. The molecular weight excluding hydrogens is 306 g/mol. The highest BCUT2D eigenvalue weighted by atomic mass is 16.3. The number of amides is 2. The summed E-state index contributed by atoms with van der Waals surface area (Å²) in [5.74, 6) is 1.65. The molecule has 2 amide bonds. The predicted molar refractivity (Wildman–Crippen MR) is 89.7 cm³/mol. The Kier molecular flexibility index (Phi) is 5.10. The topological polar surface area (TPSA) is 92.1 Å². The van der Waals surface area contributed by atoms with Gasteiger partial charge in [0.05, 0.1) is 6.10 Å². The van der Waals surface area contributed by atoms with Crippen molar-refractivity contribution in [2.75, 3.05) is 0 Å². The first-order valence-corrected chi connectivity index (χ1v) is 8.29. The summed E-state index contributed by atoms with van der Waals surface area (Å²) in [6, 6.07) is 3.79. The molecule has 1 saturated carbocycles. The fourth-order valence-electron chi connectivity index (χ4n) is 2.96. The number of nitrogens with one attached hydrogen (secondary N) is 2. The minimum atomic E-state index is -0.215. The van der Waals surface area contributed by atoms with Crippen LogP contribution in [0.25, 0.3) is 5.82 Å². The number of nitrogens with zero attached hydrogens (tertiary/aromatic N) is 3. The average molecular weight is 329 g/mol. The highest BCUT2D eigenvalue weighted by molar-refractivity contribution is 5.74. The molecule has 24 heavy (non-hydrogen) atoms. The minimum absolute atomic E-state index is 0.148. The molecule has 1 fully saturated rings. The Morgan fingerprint density at radius 3 is 2.79 bits per heavy atom. The van der Waals surface area contributed by atoms with Crippen LogP contribution in [0.15, 0.2) is 30.7 Å². The Balaban J connectivity index is 1.53. The molecule has 0 radical (unpaired) electrons. The van der Waals surface area contributed by atoms with Crippen LogP contribution in [0, 0.1) is 6.92 Å². The van der Waals surface area contributed by atoms with Crippen molar-refractivity contribution in [1.82, 2.24) is 25.2 Å². The SMILES string of the molecule is Cc1nccn1-c1cc(CNC(=O)NC2CCC(O)CC2)ccn1. The number of rotatable bonds is 4. The van der Waals surface area contributed by atoms with Gasteiger partial charge < -0.3 is 15.7 Å². The molecule has 0 unspecified atom stereocenters. The molecule has 0 aliphatic heterocycles. The fraction of sp³-hybridized carbons (Fsp3) is 0.471. The number of urea groups is 1. The highest BCUT2D eigenvalue weighted by Crippen LogP contribution is 2.18. The first kappa shape index (κ1) is 16.4. The molecule has 2 aromatic heterocycles. The van der Waals surface area contributed by atoms with Gasteiger partial charge in [0.15, 0.2) is 0 Å². The van der Waals surface area contributed by atoms with Gasteiger partial charge in [-0.25, -0.2) is 14.8 Å². The van der Waals surface area contributed by atoms with E-state index in [1.165, 1.54) is 0 Å². The van der Waals surface area contributed by atoms with E-state index in [0.717, 1.165) is 42.9 Å². The third-order valence-corrected chi connectivity index (χ3v) is 4.37. The Hall–Kier alpha value is -2.41. The van der Waals surface area contributed by atoms with Crippen LogP contribution in [0.4, 0.5) is 4.79 Å². The van der Waals surface area contributed by atoms with E-state index in [1.807, 2.05) is 29.8 Å². The monoisotopic (exact) mass is 329 g/mol. The van der Waals surface area contributed by atoms with Gasteiger partial charge in [-0.2, -0.15) is 0 Å². The summed E-state index contributed by atoms with van der Waals surface area (Å²) in [4.78, 5) is 20.6. The maximum atomic E-state index is 12.0. The lowest BCUT2D eigenvalue weighted by Gasteiger charge is -2.26. The zero-order valence-corrected chi connectivity index (χ0v) is 13.8. The van der Waals surface area contributed by atoms with Gasteiger partial charge in [-0.15, -0.1) is 0 Å². The molecule has 0 atom stereocenters. The Bertz CT molecular complexity index is 692. The summed E-state index contributed by atoms with van der Waals surface area (Å²) in [5.41, 5.74) is 0.974. The standard InChI is InChI=1S/C17H23N5O2/c1-12-18-8-9-22(12)16-10-13(6-7-19-16)11-20-17(24)21-14-2-4-15(23)5-3-14/h6-10,14-15,23H,2-5,11H2,1H3,(H2,20,21,24). The molecule has 128 valence electrons. The number of imidazole rings is 1. The van der Waals surface area contributed by atoms with E-state index < -0.39 is 0 Å². The first-order chi connectivity index (χ1) is 11.6. The van der Waals surface area contributed by atoms with Crippen molar-refractivity contribution in [2.45, 2.75) is 51.3 Å². The molecule has 2 aromatic rings. The number of carbonyl (C=O) groups is 1. The summed E-state index contributed by atoms with van der Waals surface area (Å²) < 4.78 is 1.90. The van der Waals surface area contributed by atoms with Crippen LogP contribution in [-0.4, -0.2) is 37.8 Å². The number of aromatic nitrogens is 3. The summed E-state index contributed by atoms with van der Waals surface area (Å²) in [6.07, 6.45) is 8.27. The summed E-state index contributed by atoms with van der Waals surface area (Å²) in [7, 11) is 0. The molecule has 1 aliphatic rings. The van der Waals surface area contributed by atoms with Crippen LogP contribution in [0.2, 0.25) is 0 Å². The number of carbonyl (C=O) groups excluding carboxylic acids is 1. The van der Waals surface area contributed by atoms with Crippen molar-refractivity contribution >= 4 is 6.03 Å². The lowest BCUT2D eigenvalue weighted by molar-refractivity contribution is 0.117. The van der Waals surface area contributed by atoms with Crippen LogP contribution in [0.1, 0.15) is 37.1 Å². The van der Waals surface area contributed by atoms with Crippen molar-refractivity contribution in [3.05, 3.63) is 42.1 Å². The lowest BCUT2D eigenvalue weighted by atomic mass is 9.93. The number of aliphatic hydroxyl groups excluding tert-OH is 1. The largest absolute Gasteiger partial charge is 0.393 e. The predicted octanol–water partition coefficient (Wildman–Crippen LogP) is 1.68. The summed E-state index contributed by atoms with van der Waals surface area (Å²) >= 11 is 0. The van der Waals surface area contributed by atoms with E-state index in [1.54, 1.807) is 12.4 Å². The van der Waals surface area contributed by atoms with Crippen molar-refractivity contribution < 1.29 is 9.90 Å². The van der Waals surface area contributed by atoms with Gasteiger partial charge in [0, 0.05) is 31.2 Å². The number of hydrogen-bond acceptors (Lipinski definition) is 4. The van der Waals surface area contributed by atoms with Crippen LogP contribution in [-0.2, 0) is 6.54 Å². The van der Waals surface area contributed by atoms with Crippen LogP contribution < -0.4 is 10.6 Å². The van der Waals surface area contributed by atoms with E-state index >= 15 is 0 Å². The van der Waals surface area contributed by atoms with E-state index in [2.05, 4.69) is 20.6 Å². The van der Waals surface area contributed by atoms with Gasteiger partial charge in [-0.3, -0.25) is 4.57 Å².